The van der Waals surface area contributed by atoms with Crippen molar-refractivity contribution < 1.29 is 39.0 Å². The number of hydrogen-bond donors (Lipinski definition) is 3. The minimum atomic E-state index is -5.24. The van der Waals surface area contributed by atoms with Crippen LogP contribution in [0.3, 0.4) is 0 Å². The van der Waals surface area contributed by atoms with E-state index in [1.165, 1.54) is 0 Å². The summed E-state index contributed by atoms with van der Waals surface area (Å²) in [7, 11) is -5.24. The zero-order valence-corrected chi connectivity index (χ0v) is 7.74. The third kappa shape index (κ3) is 5.40. The molecule has 0 saturated heterocycles. The van der Waals surface area contributed by atoms with Gasteiger partial charge in [0.1, 0.15) is 18.3 Å². The second-order valence-electron chi connectivity index (χ2n) is 2.43. The van der Waals surface area contributed by atoms with Crippen LogP contribution in [0.4, 0.5) is 0 Å². The lowest BCUT2D eigenvalue weighted by molar-refractivity contribution is -0.343. The molecule has 8 nitrogen and oxygen atoms in total. The summed E-state index contributed by atoms with van der Waals surface area (Å²) < 4.78 is 13.5. The topological polar surface area (TPSA) is 150 Å². The summed E-state index contributed by atoms with van der Waals surface area (Å²) in [6, 6.07) is 0. The van der Waals surface area contributed by atoms with Gasteiger partial charge in [-0.2, -0.15) is 0 Å². The van der Waals surface area contributed by atoms with Crippen molar-refractivity contribution in [3.8, 4) is 0 Å². The Labute approximate surface area is 79.0 Å². The molecular weight excluding hydrogens is 219 g/mol. The summed E-state index contributed by atoms with van der Waals surface area (Å²) in [5, 5.41) is 26.4. The van der Waals surface area contributed by atoms with E-state index in [2.05, 4.69) is 4.52 Å². The SMILES string of the molecule is O=C[C@H](O)[C@H](O)[C@H](O)COP(=O)([O-])[O-]. The summed E-state index contributed by atoms with van der Waals surface area (Å²) in [5.74, 6) is 0. The fourth-order valence-corrected chi connectivity index (χ4v) is 0.910. The van der Waals surface area contributed by atoms with E-state index < -0.39 is 32.7 Å². The van der Waals surface area contributed by atoms with Crippen molar-refractivity contribution in [3.63, 3.8) is 0 Å². The molecule has 0 aliphatic heterocycles. The number of aliphatic hydroxyl groups is 3. The zero-order chi connectivity index (χ0) is 11.4. The molecule has 9 heteroatoms. The third-order valence-electron chi connectivity index (χ3n) is 1.29. The molecule has 0 rings (SSSR count). The van der Waals surface area contributed by atoms with Crippen LogP contribution in [0.15, 0.2) is 0 Å². The van der Waals surface area contributed by atoms with Gasteiger partial charge in [0.05, 0.1) is 14.4 Å². The molecule has 0 amide bonds. The van der Waals surface area contributed by atoms with Gasteiger partial charge in [-0.1, -0.05) is 0 Å². The number of phosphoric ester groups is 1. The highest BCUT2D eigenvalue weighted by Crippen LogP contribution is 2.24. The van der Waals surface area contributed by atoms with Crippen LogP contribution in [0.5, 0.6) is 0 Å². The van der Waals surface area contributed by atoms with Gasteiger partial charge >= 0.3 is 0 Å². The summed E-state index contributed by atoms with van der Waals surface area (Å²) in [6.45, 7) is -1.02. The molecule has 0 radical (unpaired) electrons. The largest absolute Gasteiger partial charge is 0.790 e. The first-order valence-corrected chi connectivity index (χ1v) is 4.90. The molecule has 14 heavy (non-hydrogen) atoms. The molecule has 84 valence electrons. The maximum Gasteiger partial charge on any atom is 0.151 e. The van der Waals surface area contributed by atoms with E-state index in [1.54, 1.807) is 0 Å². The van der Waals surface area contributed by atoms with Crippen molar-refractivity contribution in [3.05, 3.63) is 0 Å². The second-order valence-corrected chi connectivity index (χ2v) is 3.58. The van der Waals surface area contributed by atoms with Crippen LogP contribution in [-0.2, 0) is 13.9 Å². The standard InChI is InChI=1S/C5H11O8P/c6-1-3(7)5(9)4(8)2-13-14(10,11)12/h1,3-5,7-9H,2H2,(H2,10,11,12)/p-2/t3-,4+,5-/m0/s1. The van der Waals surface area contributed by atoms with Crippen LogP contribution in [0, 0.1) is 0 Å². The molecule has 0 aromatic rings. The molecule has 0 spiro atoms. The quantitative estimate of drug-likeness (QED) is 0.308. The molecule has 3 atom stereocenters. The van der Waals surface area contributed by atoms with Crippen molar-refractivity contribution in [2.45, 2.75) is 18.3 Å². The summed E-state index contributed by atoms with van der Waals surface area (Å²) in [5.41, 5.74) is 0. The first kappa shape index (κ1) is 13.7. The Balaban J connectivity index is 4.02. The monoisotopic (exact) mass is 228 g/mol. The van der Waals surface area contributed by atoms with E-state index in [-0.39, 0.29) is 6.29 Å². The van der Waals surface area contributed by atoms with Crippen molar-refractivity contribution in [1.29, 1.82) is 0 Å². The van der Waals surface area contributed by atoms with Crippen molar-refractivity contribution in [1.82, 2.24) is 0 Å². The van der Waals surface area contributed by atoms with E-state index in [1.807, 2.05) is 0 Å². The lowest BCUT2D eigenvalue weighted by Gasteiger charge is -2.30. The summed E-state index contributed by atoms with van der Waals surface area (Å²) in [4.78, 5) is 29.8. The first-order chi connectivity index (χ1) is 6.28. The molecule has 0 bridgehead atoms. The molecular formula is C5H9O8P-2. The van der Waals surface area contributed by atoms with Crippen LogP contribution in [-0.4, -0.2) is 46.5 Å². The predicted molar refractivity (Wildman–Crippen MR) is 37.6 cm³/mol. The van der Waals surface area contributed by atoms with Crippen LogP contribution < -0.4 is 9.79 Å². The minimum absolute atomic E-state index is 0.0537. The fourth-order valence-electron chi connectivity index (χ4n) is 0.574. The fraction of sp³-hybridized carbons (Fsp3) is 0.800. The molecule has 0 unspecified atom stereocenters. The number of carbonyl (C=O) groups excluding carboxylic acids is 1. The van der Waals surface area contributed by atoms with Gasteiger partial charge in [-0.25, -0.2) is 0 Å². The number of carbonyl (C=O) groups is 1. The molecule has 0 aromatic heterocycles. The number of hydrogen-bond acceptors (Lipinski definition) is 8. The van der Waals surface area contributed by atoms with Crippen LogP contribution in [0.2, 0.25) is 0 Å². The van der Waals surface area contributed by atoms with Gasteiger partial charge in [-0.15, -0.1) is 0 Å². The van der Waals surface area contributed by atoms with Crippen LogP contribution in [0.1, 0.15) is 0 Å². The molecule has 0 saturated carbocycles. The zero-order valence-electron chi connectivity index (χ0n) is 6.85. The summed E-state index contributed by atoms with van der Waals surface area (Å²) in [6.07, 6.45) is -5.67. The molecule has 0 fully saturated rings. The van der Waals surface area contributed by atoms with E-state index in [4.69, 9.17) is 15.3 Å². The predicted octanol–water partition coefficient (Wildman–Crippen LogP) is -3.89. The van der Waals surface area contributed by atoms with Gasteiger partial charge in [-0.05, 0) is 0 Å². The molecule has 0 aliphatic rings. The van der Waals surface area contributed by atoms with Crippen LogP contribution in [0.25, 0.3) is 0 Å². The Morgan fingerprint density at radius 3 is 2.21 bits per heavy atom. The first-order valence-electron chi connectivity index (χ1n) is 3.44. The Morgan fingerprint density at radius 2 is 1.86 bits per heavy atom. The van der Waals surface area contributed by atoms with Gasteiger partial charge in [0.25, 0.3) is 0 Å². The van der Waals surface area contributed by atoms with Crippen LogP contribution >= 0.6 is 7.82 Å². The van der Waals surface area contributed by atoms with Gasteiger partial charge in [0, 0.05) is 0 Å². The molecule has 0 heterocycles. The second kappa shape index (κ2) is 5.52. The smallest absolute Gasteiger partial charge is 0.151 e. The Hall–Kier alpha value is -0.340. The minimum Gasteiger partial charge on any atom is -0.790 e. The number of aldehydes is 1. The number of phosphoric acid groups is 1. The normalized spacial score (nSPS) is 18.6. The lowest BCUT2D eigenvalue weighted by atomic mass is 10.1. The highest BCUT2D eigenvalue weighted by molar-refractivity contribution is 7.43. The van der Waals surface area contributed by atoms with Crippen molar-refractivity contribution >= 4 is 14.1 Å². The van der Waals surface area contributed by atoms with Crippen molar-refractivity contribution in [2.24, 2.45) is 0 Å². The highest BCUT2D eigenvalue weighted by Gasteiger charge is 2.24. The molecule has 0 aliphatic carbocycles. The average molecular weight is 228 g/mol. The third-order valence-corrected chi connectivity index (χ3v) is 1.75. The highest BCUT2D eigenvalue weighted by atomic mass is 31.2. The Kier molecular flexibility index (Phi) is 5.38. The van der Waals surface area contributed by atoms with E-state index in [0.717, 1.165) is 0 Å². The number of aliphatic hydroxyl groups excluding tert-OH is 3. The molecule has 0 aromatic carbocycles. The van der Waals surface area contributed by atoms with Gasteiger partial charge < -0.3 is 39.0 Å². The van der Waals surface area contributed by atoms with Gasteiger partial charge in [0.2, 0.25) is 0 Å². The van der Waals surface area contributed by atoms with Gasteiger partial charge in [0.15, 0.2) is 6.29 Å². The Morgan fingerprint density at radius 1 is 1.36 bits per heavy atom. The number of rotatable bonds is 6. The van der Waals surface area contributed by atoms with Crippen molar-refractivity contribution in [2.75, 3.05) is 6.61 Å². The average Bonchev–Trinajstić information content (AvgIpc) is 2.10. The van der Waals surface area contributed by atoms with Gasteiger partial charge in [-0.3, -0.25) is 0 Å². The Bertz CT molecular complexity index is 224. The molecule has 3 N–H and O–H groups in total. The lowest BCUT2D eigenvalue weighted by Crippen LogP contribution is -2.41. The van der Waals surface area contributed by atoms with E-state index >= 15 is 0 Å². The van der Waals surface area contributed by atoms with E-state index in [9.17, 15) is 19.1 Å². The summed E-state index contributed by atoms with van der Waals surface area (Å²) >= 11 is 0. The maximum atomic E-state index is 9.92. The van der Waals surface area contributed by atoms with E-state index in [0.29, 0.717) is 0 Å². The maximum absolute atomic E-state index is 9.92.